The molecule has 2 amide bonds. The Kier molecular flexibility index (Phi) is 5.17. The van der Waals surface area contributed by atoms with E-state index in [9.17, 15) is 9.59 Å². The largest absolute Gasteiger partial charge is 0.378 e. The molecule has 2 N–H and O–H groups in total. The summed E-state index contributed by atoms with van der Waals surface area (Å²) < 4.78 is 0. The average molecular weight is 249 g/mol. The lowest BCUT2D eigenvalue weighted by atomic mass is 10.2. The Morgan fingerprint density at radius 1 is 1.17 bits per heavy atom. The van der Waals surface area contributed by atoms with Crippen LogP contribution in [0.1, 0.15) is 13.3 Å². The lowest BCUT2D eigenvalue weighted by molar-refractivity contribution is -0.116. The molecular weight excluding hydrogens is 230 g/mol. The highest BCUT2D eigenvalue weighted by atomic mass is 16.2. The monoisotopic (exact) mass is 249 g/mol. The van der Waals surface area contributed by atoms with Crippen LogP contribution >= 0.6 is 0 Å². The van der Waals surface area contributed by atoms with Crippen LogP contribution in [-0.2, 0) is 4.79 Å². The number of anilines is 2. The molecule has 0 aromatic heterocycles. The molecule has 0 atom stereocenters. The van der Waals surface area contributed by atoms with Crippen LogP contribution in [-0.4, -0.2) is 32.5 Å². The predicted molar refractivity (Wildman–Crippen MR) is 73.1 cm³/mol. The molecule has 0 saturated heterocycles. The molecule has 0 aliphatic carbocycles. The standard InChI is InChI=1S/C13H19N3O2/c1-10(17)8-9-14-13(18)15-11-4-6-12(7-5-11)16(2)3/h4-7H,8-9H2,1-3H3,(H2,14,15,18). The number of carbonyl (C=O) groups excluding carboxylic acids is 2. The fraction of sp³-hybridized carbons (Fsp3) is 0.385. The van der Waals surface area contributed by atoms with Crippen LogP contribution in [0.5, 0.6) is 0 Å². The summed E-state index contributed by atoms with van der Waals surface area (Å²) in [7, 11) is 3.91. The molecular formula is C13H19N3O2. The summed E-state index contributed by atoms with van der Waals surface area (Å²) in [5, 5.41) is 5.32. The van der Waals surface area contributed by atoms with E-state index in [1.165, 1.54) is 6.92 Å². The van der Waals surface area contributed by atoms with Gasteiger partial charge < -0.3 is 15.5 Å². The Labute approximate surface area is 107 Å². The van der Waals surface area contributed by atoms with E-state index in [1.54, 1.807) is 0 Å². The van der Waals surface area contributed by atoms with E-state index in [-0.39, 0.29) is 11.8 Å². The van der Waals surface area contributed by atoms with Crippen molar-refractivity contribution in [3.63, 3.8) is 0 Å². The van der Waals surface area contributed by atoms with Crippen molar-refractivity contribution in [3.05, 3.63) is 24.3 Å². The number of carbonyl (C=O) groups is 2. The highest BCUT2D eigenvalue weighted by Gasteiger charge is 2.02. The van der Waals surface area contributed by atoms with Crippen LogP contribution in [0, 0.1) is 0 Å². The first-order valence-electron chi connectivity index (χ1n) is 5.80. The lowest BCUT2D eigenvalue weighted by Gasteiger charge is -2.13. The van der Waals surface area contributed by atoms with Crippen LogP contribution in [0.15, 0.2) is 24.3 Å². The number of benzene rings is 1. The summed E-state index contributed by atoms with van der Waals surface area (Å²) in [6.07, 6.45) is 0.354. The summed E-state index contributed by atoms with van der Waals surface area (Å²) in [5.41, 5.74) is 1.79. The number of amides is 2. The third-order valence-electron chi connectivity index (χ3n) is 2.40. The highest BCUT2D eigenvalue weighted by Crippen LogP contribution is 2.15. The van der Waals surface area contributed by atoms with Gasteiger partial charge in [0.15, 0.2) is 0 Å². The highest BCUT2D eigenvalue weighted by molar-refractivity contribution is 5.89. The molecule has 18 heavy (non-hydrogen) atoms. The van der Waals surface area contributed by atoms with E-state index in [0.717, 1.165) is 11.4 Å². The molecule has 98 valence electrons. The predicted octanol–water partition coefficient (Wildman–Crippen LogP) is 1.85. The van der Waals surface area contributed by atoms with Crippen LogP contribution in [0.2, 0.25) is 0 Å². The van der Waals surface area contributed by atoms with E-state index < -0.39 is 0 Å². The second-order valence-corrected chi connectivity index (χ2v) is 4.27. The maximum Gasteiger partial charge on any atom is 0.319 e. The fourth-order valence-electron chi connectivity index (χ4n) is 1.37. The maximum atomic E-state index is 11.5. The van der Waals surface area contributed by atoms with Gasteiger partial charge in [-0.05, 0) is 31.2 Å². The van der Waals surface area contributed by atoms with E-state index in [1.807, 2.05) is 43.3 Å². The van der Waals surface area contributed by atoms with Crippen molar-refractivity contribution in [2.45, 2.75) is 13.3 Å². The number of nitrogens with zero attached hydrogens (tertiary/aromatic N) is 1. The molecule has 5 nitrogen and oxygen atoms in total. The first kappa shape index (κ1) is 14.0. The minimum Gasteiger partial charge on any atom is -0.378 e. The van der Waals surface area contributed by atoms with Crippen molar-refractivity contribution in [1.29, 1.82) is 0 Å². The zero-order chi connectivity index (χ0) is 13.5. The van der Waals surface area contributed by atoms with Gasteiger partial charge in [-0.2, -0.15) is 0 Å². The maximum absolute atomic E-state index is 11.5. The third-order valence-corrected chi connectivity index (χ3v) is 2.40. The van der Waals surface area contributed by atoms with Crippen LogP contribution in [0.3, 0.4) is 0 Å². The topological polar surface area (TPSA) is 61.4 Å². The quantitative estimate of drug-likeness (QED) is 0.837. The Morgan fingerprint density at radius 2 is 1.78 bits per heavy atom. The smallest absolute Gasteiger partial charge is 0.319 e. The molecule has 0 spiro atoms. The van der Waals surface area contributed by atoms with Gasteiger partial charge in [-0.1, -0.05) is 0 Å². The van der Waals surface area contributed by atoms with Crippen molar-refractivity contribution in [2.24, 2.45) is 0 Å². The van der Waals surface area contributed by atoms with Gasteiger partial charge >= 0.3 is 6.03 Å². The lowest BCUT2D eigenvalue weighted by Crippen LogP contribution is -2.30. The molecule has 0 heterocycles. The van der Waals surface area contributed by atoms with Gasteiger partial charge in [0.25, 0.3) is 0 Å². The fourth-order valence-corrected chi connectivity index (χ4v) is 1.37. The van der Waals surface area contributed by atoms with E-state index in [2.05, 4.69) is 10.6 Å². The van der Waals surface area contributed by atoms with E-state index in [0.29, 0.717) is 13.0 Å². The molecule has 0 aliphatic rings. The zero-order valence-corrected chi connectivity index (χ0v) is 11.0. The molecule has 1 rings (SSSR count). The van der Waals surface area contributed by atoms with Crippen molar-refractivity contribution in [2.75, 3.05) is 30.9 Å². The average Bonchev–Trinajstić information content (AvgIpc) is 2.29. The van der Waals surface area contributed by atoms with Gasteiger partial charge in [-0.25, -0.2) is 4.79 Å². The summed E-state index contributed by atoms with van der Waals surface area (Å²) in [5.74, 6) is 0.0608. The van der Waals surface area contributed by atoms with Crippen LogP contribution < -0.4 is 15.5 Å². The third kappa shape index (κ3) is 4.86. The van der Waals surface area contributed by atoms with Crippen LogP contribution in [0.4, 0.5) is 16.2 Å². The number of ketones is 1. The molecule has 0 aliphatic heterocycles. The number of nitrogens with one attached hydrogen (secondary N) is 2. The second-order valence-electron chi connectivity index (χ2n) is 4.27. The SMILES string of the molecule is CC(=O)CCNC(=O)Nc1ccc(N(C)C)cc1. The molecule has 1 aromatic carbocycles. The Hall–Kier alpha value is -2.04. The number of hydrogen-bond acceptors (Lipinski definition) is 3. The second kappa shape index (κ2) is 6.64. The van der Waals surface area contributed by atoms with Gasteiger partial charge in [-0.15, -0.1) is 0 Å². The van der Waals surface area contributed by atoms with Gasteiger partial charge in [-0.3, -0.25) is 4.79 Å². The summed E-state index contributed by atoms with van der Waals surface area (Å²) >= 11 is 0. The van der Waals surface area contributed by atoms with Gasteiger partial charge in [0.2, 0.25) is 0 Å². The molecule has 1 aromatic rings. The molecule has 0 unspecified atom stereocenters. The first-order chi connectivity index (χ1) is 8.49. The van der Waals surface area contributed by atoms with Gasteiger partial charge in [0.05, 0.1) is 0 Å². The molecule has 0 radical (unpaired) electrons. The van der Waals surface area contributed by atoms with Crippen molar-refractivity contribution in [3.8, 4) is 0 Å². The Bertz CT molecular complexity index is 413. The van der Waals surface area contributed by atoms with E-state index in [4.69, 9.17) is 0 Å². The summed E-state index contributed by atoms with van der Waals surface area (Å²) in [4.78, 5) is 24.2. The molecule has 0 saturated carbocycles. The summed E-state index contributed by atoms with van der Waals surface area (Å²) in [6.45, 7) is 1.86. The molecule has 0 fully saturated rings. The van der Waals surface area contributed by atoms with Crippen molar-refractivity contribution in [1.82, 2.24) is 5.32 Å². The molecule has 5 heteroatoms. The zero-order valence-electron chi connectivity index (χ0n) is 11.0. The van der Waals surface area contributed by atoms with Crippen LogP contribution in [0.25, 0.3) is 0 Å². The van der Waals surface area contributed by atoms with Gasteiger partial charge in [0.1, 0.15) is 5.78 Å². The van der Waals surface area contributed by atoms with E-state index >= 15 is 0 Å². The Morgan fingerprint density at radius 3 is 2.28 bits per heavy atom. The Balaban J connectivity index is 2.42. The normalized spacial score (nSPS) is 9.72. The molecule has 0 bridgehead atoms. The summed E-state index contributed by atoms with van der Waals surface area (Å²) in [6, 6.07) is 7.21. The minimum absolute atomic E-state index is 0.0608. The number of hydrogen-bond donors (Lipinski definition) is 2. The minimum atomic E-state index is -0.297. The number of urea groups is 1. The number of Topliss-reactive ketones (excluding diaryl/α,β-unsaturated/α-hetero) is 1. The first-order valence-corrected chi connectivity index (χ1v) is 5.80. The van der Waals surface area contributed by atoms with Gasteiger partial charge in [0, 0.05) is 38.4 Å². The van der Waals surface area contributed by atoms with Crippen molar-refractivity contribution < 1.29 is 9.59 Å². The number of rotatable bonds is 5. The van der Waals surface area contributed by atoms with Crippen molar-refractivity contribution >= 4 is 23.2 Å².